The summed E-state index contributed by atoms with van der Waals surface area (Å²) in [5.74, 6) is 0. The van der Waals surface area contributed by atoms with Crippen molar-refractivity contribution >= 4 is 13.6 Å². The van der Waals surface area contributed by atoms with Gasteiger partial charge in [-0.05, 0) is 0 Å². The second-order valence-corrected chi connectivity index (χ2v) is 1.08. The SMILES string of the molecule is [CH-]=C(C)C.[Zn+][Br]. The number of hydrogen-bond acceptors (Lipinski definition) is 0. The van der Waals surface area contributed by atoms with Crippen molar-refractivity contribution in [3.63, 3.8) is 0 Å². The van der Waals surface area contributed by atoms with Gasteiger partial charge >= 0.3 is 30.0 Å². The molecule has 0 aromatic rings. The van der Waals surface area contributed by atoms with E-state index in [1.54, 1.807) is 0 Å². The Labute approximate surface area is 56.0 Å². The Morgan fingerprint density at radius 3 is 1.50 bits per heavy atom. The molecule has 0 aromatic heterocycles. The zero-order valence-electron chi connectivity index (χ0n) is 4.16. The summed E-state index contributed by atoms with van der Waals surface area (Å²) in [4.78, 5) is 0. The van der Waals surface area contributed by atoms with E-state index in [9.17, 15) is 0 Å². The summed E-state index contributed by atoms with van der Waals surface area (Å²) >= 11 is 4.25. The second kappa shape index (κ2) is 9.28. The van der Waals surface area contributed by atoms with Gasteiger partial charge in [-0.1, -0.05) is 13.8 Å². The van der Waals surface area contributed by atoms with Gasteiger partial charge in [0.05, 0.1) is 0 Å². The van der Waals surface area contributed by atoms with Crippen LogP contribution in [0.15, 0.2) is 5.57 Å². The zero-order chi connectivity index (χ0) is 5.58. The van der Waals surface area contributed by atoms with E-state index < -0.39 is 0 Å². The van der Waals surface area contributed by atoms with E-state index >= 15 is 0 Å². The third kappa shape index (κ3) is 101. The molecule has 0 aliphatic carbocycles. The van der Waals surface area contributed by atoms with Crippen molar-refractivity contribution in [3.8, 4) is 0 Å². The summed E-state index contributed by atoms with van der Waals surface area (Å²) in [6, 6.07) is 0. The van der Waals surface area contributed by atoms with Gasteiger partial charge in [0.2, 0.25) is 0 Å². The first-order valence-electron chi connectivity index (χ1n) is 1.56. The molecule has 0 fully saturated rings. The number of halogens is 1. The van der Waals surface area contributed by atoms with Crippen LogP contribution >= 0.6 is 13.6 Å². The van der Waals surface area contributed by atoms with E-state index in [0.717, 1.165) is 5.57 Å². The predicted octanol–water partition coefficient (Wildman–Crippen LogP) is 2.23. The Morgan fingerprint density at radius 1 is 1.50 bits per heavy atom. The maximum atomic E-state index is 5.03. The molecule has 6 heavy (non-hydrogen) atoms. The molecule has 0 aliphatic heterocycles. The summed E-state index contributed by atoms with van der Waals surface area (Å²) in [5.41, 5.74) is 0.917. The first-order valence-corrected chi connectivity index (χ1v) is 8.50. The quantitative estimate of drug-likeness (QED) is 0.415. The van der Waals surface area contributed by atoms with E-state index in [4.69, 9.17) is 6.58 Å². The molecule has 0 bridgehead atoms. The predicted molar refractivity (Wildman–Crippen MR) is 28.1 cm³/mol. The minimum atomic E-state index is 0.917. The van der Waals surface area contributed by atoms with Gasteiger partial charge in [0.25, 0.3) is 0 Å². The van der Waals surface area contributed by atoms with E-state index in [0.29, 0.717) is 0 Å². The third-order valence-corrected chi connectivity index (χ3v) is 0. The van der Waals surface area contributed by atoms with E-state index in [1.807, 2.05) is 13.8 Å². The van der Waals surface area contributed by atoms with Crippen molar-refractivity contribution in [1.29, 1.82) is 0 Å². The molecule has 0 radical (unpaired) electrons. The average Bonchev–Trinajstić information content (AvgIpc) is 1.41. The fourth-order valence-electron chi connectivity index (χ4n) is 0. The van der Waals surface area contributed by atoms with Gasteiger partial charge in [0.1, 0.15) is 0 Å². The molecule has 0 saturated heterocycles. The van der Waals surface area contributed by atoms with Crippen LogP contribution in [-0.4, -0.2) is 0 Å². The molecule has 0 heterocycles. The molecule has 32 valence electrons. The van der Waals surface area contributed by atoms with Gasteiger partial charge in [0, 0.05) is 0 Å². The molecule has 0 saturated carbocycles. The van der Waals surface area contributed by atoms with Crippen molar-refractivity contribution < 1.29 is 16.3 Å². The molecule has 0 spiro atoms. The molecule has 0 aromatic carbocycles. The summed E-state index contributed by atoms with van der Waals surface area (Å²) in [6.45, 7) is 8.75. The second-order valence-electron chi connectivity index (χ2n) is 1.08. The molecular formula is C4H7BrZn. The molecule has 0 aliphatic rings. The van der Waals surface area contributed by atoms with Gasteiger partial charge in [-0.15, -0.1) is 0 Å². The fourth-order valence-corrected chi connectivity index (χ4v) is 0. The van der Waals surface area contributed by atoms with Crippen molar-refractivity contribution in [3.05, 3.63) is 12.2 Å². The van der Waals surface area contributed by atoms with E-state index in [-0.39, 0.29) is 0 Å². The minimum absolute atomic E-state index is 0.917. The molecule has 0 atom stereocenters. The molecule has 0 nitrogen and oxygen atoms in total. The number of rotatable bonds is 0. The van der Waals surface area contributed by atoms with Crippen LogP contribution < -0.4 is 0 Å². The number of allylic oxidation sites excluding steroid dienone is 1. The average molecular weight is 200 g/mol. The standard InChI is InChI=1S/C4H7.BrH.Zn/c1-4(2)3;;/h1H,2-3H3;1H;/q-1;;+2/p-1. The van der Waals surface area contributed by atoms with Gasteiger partial charge in [0.15, 0.2) is 0 Å². The molecular weight excluding hydrogens is 193 g/mol. The Kier molecular flexibility index (Phi) is 15.4. The third-order valence-electron chi connectivity index (χ3n) is 0. The van der Waals surface area contributed by atoms with Crippen molar-refractivity contribution in [1.82, 2.24) is 0 Å². The monoisotopic (exact) mass is 198 g/mol. The molecule has 0 unspecified atom stereocenters. The van der Waals surface area contributed by atoms with E-state index in [2.05, 4.69) is 13.6 Å². The van der Waals surface area contributed by atoms with E-state index in [1.165, 1.54) is 16.3 Å². The summed E-state index contributed by atoms with van der Waals surface area (Å²) < 4.78 is 0. The molecule has 2 heteroatoms. The van der Waals surface area contributed by atoms with Gasteiger partial charge in [-0.3, -0.25) is 5.57 Å². The summed E-state index contributed by atoms with van der Waals surface area (Å²) in [7, 11) is 0. The molecule has 0 N–H and O–H groups in total. The van der Waals surface area contributed by atoms with Crippen LogP contribution in [0.3, 0.4) is 0 Å². The van der Waals surface area contributed by atoms with Crippen LogP contribution in [0.25, 0.3) is 0 Å². The Hall–Kier alpha value is 0.843. The first kappa shape index (κ1) is 9.96. The fraction of sp³-hybridized carbons (Fsp3) is 0.500. The van der Waals surface area contributed by atoms with Crippen molar-refractivity contribution in [2.75, 3.05) is 0 Å². The topological polar surface area (TPSA) is 0 Å². The Bertz CT molecular complexity index is 30.5. The van der Waals surface area contributed by atoms with Gasteiger partial charge in [-0.25, -0.2) is 0 Å². The Morgan fingerprint density at radius 2 is 1.50 bits per heavy atom. The first-order chi connectivity index (χ1) is 2.73. The maximum absolute atomic E-state index is 5.03. The molecule has 0 amide bonds. The van der Waals surface area contributed by atoms with Crippen LogP contribution in [0.5, 0.6) is 0 Å². The van der Waals surface area contributed by atoms with Gasteiger partial charge < -0.3 is 6.58 Å². The van der Waals surface area contributed by atoms with Crippen LogP contribution in [0.1, 0.15) is 13.8 Å². The Balaban J connectivity index is 0. The van der Waals surface area contributed by atoms with Gasteiger partial charge in [-0.2, -0.15) is 0 Å². The van der Waals surface area contributed by atoms with Crippen LogP contribution in [0, 0.1) is 6.58 Å². The number of hydrogen-bond donors (Lipinski definition) is 0. The van der Waals surface area contributed by atoms with Crippen LogP contribution in [0.2, 0.25) is 0 Å². The summed E-state index contributed by atoms with van der Waals surface area (Å²) in [5, 5.41) is 0. The zero-order valence-corrected chi connectivity index (χ0v) is 8.72. The van der Waals surface area contributed by atoms with Crippen LogP contribution in [-0.2, 0) is 16.3 Å². The van der Waals surface area contributed by atoms with Crippen molar-refractivity contribution in [2.24, 2.45) is 0 Å². The van der Waals surface area contributed by atoms with Crippen molar-refractivity contribution in [2.45, 2.75) is 13.8 Å². The van der Waals surface area contributed by atoms with Crippen LogP contribution in [0.4, 0.5) is 0 Å². The summed E-state index contributed by atoms with van der Waals surface area (Å²) in [6.07, 6.45) is 0. The normalized spacial score (nSPS) is 5.50. The molecule has 0 rings (SSSR count).